The summed E-state index contributed by atoms with van der Waals surface area (Å²) in [6, 6.07) is 0. The highest BCUT2D eigenvalue weighted by atomic mass is 79.9. The molecular weight excluding hydrogens is 320 g/mol. The Labute approximate surface area is 127 Å². The molecule has 1 heterocycles. The molecule has 5 heteroatoms. The van der Waals surface area contributed by atoms with Crippen molar-refractivity contribution in [3.8, 4) is 0 Å². The first kappa shape index (κ1) is 14.1. The molecule has 0 aromatic carbocycles. The van der Waals surface area contributed by atoms with E-state index in [1.165, 1.54) is 6.42 Å². The molecule has 0 amide bonds. The Hall–Kier alpha value is -0.840. The molecule has 4 nitrogen and oxygen atoms in total. The summed E-state index contributed by atoms with van der Waals surface area (Å²) in [6.45, 7) is 4.80. The van der Waals surface area contributed by atoms with Crippen LogP contribution in [0.5, 0.6) is 0 Å². The number of aromatic nitrogens is 2. The third-order valence-corrected chi connectivity index (χ3v) is 6.37. The SMILES string of the molecule is CCn1nc(C)c(Br)c1CC1(C(=O)O)CC2CCC1C2. The lowest BCUT2D eigenvalue weighted by Crippen LogP contribution is -2.39. The van der Waals surface area contributed by atoms with Gasteiger partial charge in [0.2, 0.25) is 0 Å². The molecule has 3 rings (SSSR count). The number of carbonyl (C=O) groups is 1. The molecule has 2 aliphatic rings. The molecule has 0 aliphatic heterocycles. The van der Waals surface area contributed by atoms with E-state index in [-0.39, 0.29) is 0 Å². The zero-order valence-corrected chi connectivity index (χ0v) is 13.6. The van der Waals surface area contributed by atoms with Crippen LogP contribution in [0.25, 0.3) is 0 Å². The van der Waals surface area contributed by atoms with Crippen molar-refractivity contribution in [2.75, 3.05) is 0 Å². The first-order valence-electron chi connectivity index (χ1n) is 7.43. The van der Waals surface area contributed by atoms with E-state index in [9.17, 15) is 9.90 Å². The molecule has 1 aromatic heterocycles. The lowest BCUT2D eigenvalue weighted by atomic mass is 9.70. The maximum absolute atomic E-state index is 12.0. The Morgan fingerprint density at radius 2 is 2.30 bits per heavy atom. The van der Waals surface area contributed by atoms with Gasteiger partial charge in [-0.3, -0.25) is 9.48 Å². The summed E-state index contributed by atoms with van der Waals surface area (Å²) in [5.41, 5.74) is 1.44. The highest BCUT2D eigenvalue weighted by Gasteiger charge is 2.56. The molecule has 20 heavy (non-hydrogen) atoms. The van der Waals surface area contributed by atoms with Crippen LogP contribution in [0.15, 0.2) is 4.47 Å². The largest absolute Gasteiger partial charge is 0.481 e. The normalized spacial score (nSPS) is 31.9. The number of aryl methyl sites for hydroxylation is 2. The molecule has 3 atom stereocenters. The van der Waals surface area contributed by atoms with E-state index < -0.39 is 11.4 Å². The van der Waals surface area contributed by atoms with Gasteiger partial charge in [-0.2, -0.15) is 5.10 Å². The topological polar surface area (TPSA) is 55.1 Å². The van der Waals surface area contributed by atoms with E-state index in [1.807, 2.05) is 11.6 Å². The van der Waals surface area contributed by atoms with Crippen LogP contribution >= 0.6 is 15.9 Å². The number of rotatable bonds is 4. The predicted octanol–water partition coefficient (Wildman–Crippen LogP) is 3.41. The monoisotopic (exact) mass is 340 g/mol. The molecule has 1 aromatic rings. The standard InChI is InChI=1S/C15H21BrN2O2/c1-3-18-12(13(16)9(2)17-18)8-15(14(19)20)7-10-4-5-11(15)6-10/h10-11H,3-8H2,1-2H3,(H,19,20). The summed E-state index contributed by atoms with van der Waals surface area (Å²) in [5.74, 6) is 0.351. The van der Waals surface area contributed by atoms with E-state index >= 15 is 0 Å². The molecule has 2 fully saturated rings. The minimum absolute atomic E-state index is 0.345. The molecule has 110 valence electrons. The van der Waals surface area contributed by atoms with Crippen LogP contribution in [0.4, 0.5) is 0 Å². The Kier molecular flexibility index (Phi) is 3.43. The highest BCUT2D eigenvalue weighted by Crippen LogP contribution is 2.57. The third-order valence-electron chi connectivity index (χ3n) is 5.34. The average molecular weight is 341 g/mol. The molecular formula is C15H21BrN2O2. The van der Waals surface area contributed by atoms with Gasteiger partial charge in [-0.05, 0) is 60.9 Å². The second-order valence-corrected chi connectivity index (χ2v) is 7.17. The van der Waals surface area contributed by atoms with Crippen molar-refractivity contribution in [3.63, 3.8) is 0 Å². The Morgan fingerprint density at radius 3 is 2.80 bits per heavy atom. The number of halogens is 1. The van der Waals surface area contributed by atoms with Gasteiger partial charge in [0.25, 0.3) is 0 Å². The maximum atomic E-state index is 12.0. The van der Waals surface area contributed by atoms with Crippen molar-refractivity contribution in [1.82, 2.24) is 9.78 Å². The second-order valence-electron chi connectivity index (χ2n) is 6.38. The van der Waals surface area contributed by atoms with Gasteiger partial charge in [0.15, 0.2) is 0 Å². The number of nitrogens with zero attached hydrogens (tertiary/aromatic N) is 2. The maximum Gasteiger partial charge on any atom is 0.310 e. The van der Waals surface area contributed by atoms with Crippen LogP contribution in [0.1, 0.15) is 44.0 Å². The van der Waals surface area contributed by atoms with E-state index in [2.05, 4.69) is 28.0 Å². The van der Waals surface area contributed by atoms with Gasteiger partial charge in [-0.1, -0.05) is 6.42 Å². The molecule has 0 radical (unpaired) electrons. The van der Waals surface area contributed by atoms with Crippen LogP contribution in [0, 0.1) is 24.2 Å². The van der Waals surface area contributed by atoms with Crippen LogP contribution in [0.3, 0.4) is 0 Å². The first-order chi connectivity index (χ1) is 9.48. The first-order valence-corrected chi connectivity index (χ1v) is 8.22. The molecule has 2 bridgehead atoms. The van der Waals surface area contributed by atoms with Gasteiger partial charge in [-0.25, -0.2) is 0 Å². The van der Waals surface area contributed by atoms with Gasteiger partial charge in [0.1, 0.15) is 0 Å². The molecule has 1 N–H and O–H groups in total. The summed E-state index contributed by atoms with van der Waals surface area (Å²) >= 11 is 3.60. The predicted molar refractivity (Wildman–Crippen MR) is 79.6 cm³/mol. The number of fused-ring (bicyclic) bond motifs is 2. The molecule has 2 saturated carbocycles. The highest BCUT2D eigenvalue weighted by molar-refractivity contribution is 9.10. The van der Waals surface area contributed by atoms with Gasteiger partial charge < -0.3 is 5.11 Å². The lowest BCUT2D eigenvalue weighted by Gasteiger charge is -2.33. The van der Waals surface area contributed by atoms with Crippen molar-refractivity contribution in [2.45, 2.75) is 52.5 Å². The van der Waals surface area contributed by atoms with Gasteiger partial charge >= 0.3 is 5.97 Å². The number of carboxylic acids is 1. The fraction of sp³-hybridized carbons (Fsp3) is 0.733. The quantitative estimate of drug-likeness (QED) is 0.913. The smallest absolute Gasteiger partial charge is 0.310 e. The summed E-state index contributed by atoms with van der Waals surface area (Å²) in [6.07, 6.45) is 4.84. The van der Waals surface area contributed by atoms with E-state index in [4.69, 9.17) is 0 Å². The Balaban J connectivity index is 1.98. The van der Waals surface area contributed by atoms with Gasteiger partial charge in [-0.15, -0.1) is 0 Å². The summed E-state index contributed by atoms with van der Waals surface area (Å²) < 4.78 is 2.94. The average Bonchev–Trinajstić information content (AvgIpc) is 3.08. The number of hydrogen-bond donors (Lipinski definition) is 1. The summed E-state index contributed by atoms with van der Waals surface area (Å²) in [5, 5.41) is 14.4. The molecule has 2 aliphatic carbocycles. The van der Waals surface area contributed by atoms with Crippen molar-refractivity contribution >= 4 is 21.9 Å². The number of carboxylic acid groups (broad SMARTS) is 1. The Morgan fingerprint density at radius 1 is 1.55 bits per heavy atom. The van der Waals surface area contributed by atoms with Crippen molar-refractivity contribution in [3.05, 3.63) is 15.9 Å². The summed E-state index contributed by atoms with van der Waals surface area (Å²) in [7, 11) is 0. The fourth-order valence-electron chi connectivity index (χ4n) is 4.33. The minimum Gasteiger partial charge on any atom is -0.481 e. The van der Waals surface area contributed by atoms with Crippen LogP contribution < -0.4 is 0 Å². The van der Waals surface area contributed by atoms with Gasteiger partial charge in [0.05, 0.1) is 21.3 Å². The van der Waals surface area contributed by atoms with Crippen molar-refractivity contribution in [1.29, 1.82) is 0 Å². The lowest BCUT2D eigenvalue weighted by molar-refractivity contribution is -0.152. The van der Waals surface area contributed by atoms with E-state index in [0.29, 0.717) is 18.3 Å². The third kappa shape index (κ3) is 1.93. The molecule has 0 saturated heterocycles. The van der Waals surface area contributed by atoms with Crippen LogP contribution in [0.2, 0.25) is 0 Å². The van der Waals surface area contributed by atoms with Crippen molar-refractivity contribution in [2.24, 2.45) is 17.3 Å². The summed E-state index contributed by atoms with van der Waals surface area (Å²) in [4.78, 5) is 12.0. The van der Waals surface area contributed by atoms with E-state index in [0.717, 1.165) is 41.7 Å². The number of hydrogen-bond acceptors (Lipinski definition) is 2. The van der Waals surface area contributed by atoms with Gasteiger partial charge in [0, 0.05) is 13.0 Å². The zero-order chi connectivity index (χ0) is 14.5. The minimum atomic E-state index is -0.613. The molecule has 0 spiro atoms. The zero-order valence-electron chi connectivity index (χ0n) is 12.0. The number of aliphatic carboxylic acids is 1. The van der Waals surface area contributed by atoms with Crippen LogP contribution in [-0.4, -0.2) is 20.9 Å². The molecule has 3 unspecified atom stereocenters. The van der Waals surface area contributed by atoms with Crippen LogP contribution in [-0.2, 0) is 17.8 Å². The second kappa shape index (κ2) is 4.86. The van der Waals surface area contributed by atoms with E-state index in [1.54, 1.807) is 0 Å². The Bertz CT molecular complexity index is 554. The van der Waals surface area contributed by atoms with Crippen molar-refractivity contribution < 1.29 is 9.90 Å². The fourth-order valence-corrected chi connectivity index (χ4v) is 4.76.